The fraction of sp³-hybridized carbons (Fsp3) is 0.273. The molecule has 0 bridgehead atoms. The van der Waals surface area contributed by atoms with E-state index in [0.717, 1.165) is 5.56 Å². The van der Waals surface area contributed by atoms with Crippen LogP contribution in [0.4, 0.5) is 18.3 Å². The predicted octanol–water partition coefficient (Wildman–Crippen LogP) is 2.28. The quantitative estimate of drug-likeness (QED) is 0.818. The van der Waals surface area contributed by atoms with E-state index in [2.05, 4.69) is 10.2 Å². The Morgan fingerprint density at radius 2 is 1.78 bits per heavy atom. The van der Waals surface area contributed by atoms with Crippen molar-refractivity contribution < 1.29 is 21.6 Å². The van der Waals surface area contributed by atoms with Crippen LogP contribution in [0.5, 0.6) is 0 Å². The molecule has 2 aromatic rings. The van der Waals surface area contributed by atoms with Gasteiger partial charge < -0.3 is 5.73 Å². The van der Waals surface area contributed by atoms with Crippen LogP contribution in [-0.4, -0.2) is 25.2 Å². The van der Waals surface area contributed by atoms with Crippen molar-refractivity contribution in [3.8, 4) is 0 Å². The molecule has 0 fully saturated rings. The fourth-order valence-electron chi connectivity index (χ4n) is 1.55. The summed E-state index contributed by atoms with van der Waals surface area (Å²) in [6.07, 6.45) is -4.07. The predicted molar refractivity (Wildman–Crippen MR) is 82.2 cm³/mol. The Bertz CT molecular complexity index is 747. The van der Waals surface area contributed by atoms with E-state index in [9.17, 15) is 21.6 Å². The maximum absolute atomic E-state index is 12.4. The van der Waals surface area contributed by atoms with E-state index in [4.69, 9.17) is 5.73 Å². The zero-order valence-electron chi connectivity index (χ0n) is 11.4. The maximum Gasteiger partial charge on any atom is 0.445 e. The van der Waals surface area contributed by atoms with E-state index in [0.29, 0.717) is 13.0 Å². The standard InChI is InChI=1S/C11H11F3N4O2S2.ClH/c12-11(13,14)9-16-17-10(21-9)18-22(19,20)8-3-1-7(2-4-8)5-6-15;/h1-4H,5-6,15H2,(H,17,18);1H. The molecule has 0 spiro atoms. The van der Waals surface area contributed by atoms with Gasteiger partial charge >= 0.3 is 6.18 Å². The van der Waals surface area contributed by atoms with Crippen molar-refractivity contribution in [1.29, 1.82) is 0 Å². The minimum atomic E-state index is -4.66. The Labute approximate surface area is 140 Å². The number of benzene rings is 1. The van der Waals surface area contributed by atoms with Gasteiger partial charge in [-0.15, -0.1) is 22.6 Å². The van der Waals surface area contributed by atoms with Gasteiger partial charge in [0.15, 0.2) is 0 Å². The van der Waals surface area contributed by atoms with Gasteiger partial charge in [0.05, 0.1) is 4.90 Å². The Balaban J connectivity index is 0.00000264. The minimum absolute atomic E-state index is 0. The molecule has 6 nitrogen and oxygen atoms in total. The van der Waals surface area contributed by atoms with Crippen LogP contribution in [0.3, 0.4) is 0 Å². The van der Waals surface area contributed by atoms with Crippen molar-refractivity contribution in [3.05, 3.63) is 34.8 Å². The van der Waals surface area contributed by atoms with Gasteiger partial charge in [0.25, 0.3) is 10.0 Å². The van der Waals surface area contributed by atoms with Crippen LogP contribution in [0, 0.1) is 0 Å². The number of alkyl halides is 3. The Morgan fingerprint density at radius 3 is 2.26 bits per heavy atom. The second-order valence-electron chi connectivity index (χ2n) is 4.20. The monoisotopic (exact) mass is 388 g/mol. The SMILES string of the molecule is Cl.NCCc1ccc(S(=O)(=O)Nc2nnc(C(F)(F)F)s2)cc1. The molecule has 0 saturated heterocycles. The summed E-state index contributed by atoms with van der Waals surface area (Å²) in [6.45, 7) is 0.426. The van der Waals surface area contributed by atoms with Crippen LogP contribution in [0.1, 0.15) is 10.6 Å². The number of rotatable bonds is 5. The smallest absolute Gasteiger partial charge is 0.330 e. The van der Waals surface area contributed by atoms with Crippen molar-refractivity contribution >= 4 is 38.9 Å². The van der Waals surface area contributed by atoms with Crippen LogP contribution in [0.25, 0.3) is 0 Å². The lowest BCUT2D eigenvalue weighted by Crippen LogP contribution is -2.13. The zero-order valence-corrected chi connectivity index (χ0v) is 13.8. The van der Waals surface area contributed by atoms with Gasteiger partial charge in [-0.1, -0.05) is 23.5 Å². The number of nitrogens with zero attached hydrogens (tertiary/aromatic N) is 2. The van der Waals surface area contributed by atoms with Crippen molar-refractivity contribution in [2.45, 2.75) is 17.5 Å². The lowest BCUT2D eigenvalue weighted by molar-refractivity contribution is -0.138. The molecule has 23 heavy (non-hydrogen) atoms. The summed E-state index contributed by atoms with van der Waals surface area (Å²) >= 11 is 0.119. The number of sulfonamides is 1. The zero-order chi connectivity index (χ0) is 16.4. The minimum Gasteiger partial charge on any atom is -0.330 e. The van der Waals surface area contributed by atoms with E-state index in [1.54, 1.807) is 12.1 Å². The third-order valence-corrected chi connectivity index (χ3v) is 4.92. The van der Waals surface area contributed by atoms with E-state index < -0.39 is 26.3 Å². The van der Waals surface area contributed by atoms with Gasteiger partial charge in [-0.2, -0.15) is 13.2 Å². The van der Waals surface area contributed by atoms with E-state index >= 15 is 0 Å². The summed E-state index contributed by atoms with van der Waals surface area (Å²) in [7, 11) is -4.02. The lowest BCUT2D eigenvalue weighted by Gasteiger charge is -2.05. The molecule has 0 aliphatic rings. The summed E-state index contributed by atoms with van der Waals surface area (Å²) in [5.41, 5.74) is 6.25. The molecule has 1 heterocycles. The molecule has 128 valence electrons. The molecule has 1 aromatic carbocycles. The Hall–Kier alpha value is -1.43. The first-order valence-corrected chi connectivity index (χ1v) is 8.25. The number of anilines is 1. The van der Waals surface area contributed by atoms with Crippen LogP contribution < -0.4 is 10.5 Å². The highest BCUT2D eigenvalue weighted by Gasteiger charge is 2.36. The van der Waals surface area contributed by atoms with Gasteiger partial charge in [0.2, 0.25) is 10.1 Å². The molecule has 0 aliphatic heterocycles. The van der Waals surface area contributed by atoms with Crippen molar-refractivity contribution in [3.63, 3.8) is 0 Å². The summed E-state index contributed by atoms with van der Waals surface area (Å²) in [5.74, 6) is 0. The number of halogens is 4. The van der Waals surface area contributed by atoms with E-state index in [1.165, 1.54) is 12.1 Å². The summed E-state index contributed by atoms with van der Waals surface area (Å²) in [5, 5.41) is 4.42. The van der Waals surface area contributed by atoms with Gasteiger partial charge in [-0.25, -0.2) is 8.42 Å². The molecule has 0 aliphatic carbocycles. The Morgan fingerprint density at radius 1 is 1.17 bits per heavy atom. The summed E-state index contributed by atoms with van der Waals surface area (Å²) in [6, 6.07) is 5.86. The second kappa shape index (κ2) is 7.43. The van der Waals surface area contributed by atoms with Crippen LogP contribution in [-0.2, 0) is 22.6 Å². The second-order valence-corrected chi connectivity index (χ2v) is 6.86. The molecule has 0 unspecified atom stereocenters. The molecule has 12 heteroatoms. The molecule has 0 radical (unpaired) electrons. The first-order valence-electron chi connectivity index (χ1n) is 5.95. The average Bonchev–Trinajstić information content (AvgIpc) is 2.87. The molecule has 3 N–H and O–H groups in total. The number of aromatic nitrogens is 2. The third kappa shape index (κ3) is 5.03. The maximum atomic E-state index is 12.4. The molecule has 0 amide bonds. The van der Waals surface area contributed by atoms with Crippen molar-refractivity contribution in [1.82, 2.24) is 10.2 Å². The van der Waals surface area contributed by atoms with Gasteiger partial charge in [-0.3, -0.25) is 4.72 Å². The van der Waals surface area contributed by atoms with Crippen LogP contribution >= 0.6 is 23.7 Å². The van der Waals surface area contributed by atoms with E-state index in [1.807, 2.05) is 4.72 Å². The highest BCUT2D eigenvalue weighted by Crippen LogP contribution is 2.33. The molecule has 1 aromatic heterocycles. The molecule has 0 saturated carbocycles. The normalized spacial score (nSPS) is 11.8. The highest BCUT2D eigenvalue weighted by atomic mass is 35.5. The average molecular weight is 389 g/mol. The van der Waals surface area contributed by atoms with E-state index in [-0.39, 0.29) is 28.6 Å². The molecular formula is C11H12ClF3N4O2S2. The number of hydrogen-bond acceptors (Lipinski definition) is 6. The molecule has 0 atom stereocenters. The third-order valence-electron chi connectivity index (χ3n) is 2.56. The van der Waals surface area contributed by atoms with Crippen molar-refractivity contribution in [2.24, 2.45) is 5.73 Å². The number of nitrogens with one attached hydrogen (secondary N) is 1. The summed E-state index contributed by atoms with van der Waals surface area (Å²) < 4.78 is 63.3. The van der Waals surface area contributed by atoms with Gasteiger partial charge in [0, 0.05) is 0 Å². The molecular weight excluding hydrogens is 377 g/mol. The van der Waals surface area contributed by atoms with Crippen LogP contribution in [0.2, 0.25) is 0 Å². The van der Waals surface area contributed by atoms with Gasteiger partial charge in [-0.05, 0) is 30.7 Å². The van der Waals surface area contributed by atoms with Crippen LogP contribution in [0.15, 0.2) is 29.2 Å². The summed E-state index contributed by atoms with van der Waals surface area (Å²) in [4.78, 5) is -0.0861. The Kier molecular flexibility index (Phi) is 6.33. The number of nitrogens with two attached hydrogens (primary N) is 1. The fourth-order valence-corrected chi connectivity index (χ4v) is 3.40. The number of hydrogen-bond donors (Lipinski definition) is 2. The molecule has 2 rings (SSSR count). The first kappa shape index (κ1) is 19.6. The van der Waals surface area contributed by atoms with Gasteiger partial charge in [0.1, 0.15) is 0 Å². The largest absolute Gasteiger partial charge is 0.445 e. The highest BCUT2D eigenvalue weighted by molar-refractivity contribution is 7.93. The topological polar surface area (TPSA) is 98.0 Å². The van der Waals surface area contributed by atoms with Crippen molar-refractivity contribution in [2.75, 3.05) is 11.3 Å². The lowest BCUT2D eigenvalue weighted by atomic mass is 10.2. The first-order chi connectivity index (χ1) is 10.2.